The van der Waals surface area contributed by atoms with Crippen LogP contribution in [0.5, 0.6) is 5.75 Å². The van der Waals surface area contributed by atoms with Gasteiger partial charge in [-0.25, -0.2) is 18.1 Å². The van der Waals surface area contributed by atoms with Crippen LogP contribution in [0.2, 0.25) is 0 Å². The third-order valence-corrected chi connectivity index (χ3v) is 5.72. The van der Waals surface area contributed by atoms with Crippen molar-refractivity contribution in [3.8, 4) is 5.75 Å². The lowest BCUT2D eigenvalue weighted by atomic mass is 10.1. The molecule has 0 amide bonds. The van der Waals surface area contributed by atoms with Gasteiger partial charge in [0.1, 0.15) is 5.75 Å². The van der Waals surface area contributed by atoms with Crippen LogP contribution < -0.4 is 20.1 Å². The van der Waals surface area contributed by atoms with Gasteiger partial charge in [-0.3, -0.25) is 0 Å². The zero-order valence-corrected chi connectivity index (χ0v) is 18.9. The van der Waals surface area contributed by atoms with E-state index >= 15 is 0 Å². The van der Waals surface area contributed by atoms with Crippen LogP contribution in [-0.4, -0.2) is 34.1 Å². The van der Waals surface area contributed by atoms with Crippen molar-refractivity contribution in [2.24, 2.45) is 4.99 Å². The summed E-state index contributed by atoms with van der Waals surface area (Å²) in [5, 5.41) is 6.54. The molecule has 0 bridgehead atoms. The predicted octanol–water partition coefficient (Wildman–Crippen LogP) is 2.78. The Morgan fingerprint density at radius 2 is 1.57 bits per heavy atom. The maximum atomic E-state index is 12.1. The highest BCUT2D eigenvalue weighted by Gasteiger charge is 2.12. The Bertz CT molecular complexity index is 908. The molecule has 2 rings (SSSR count). The van der Waals surface area contributed by atoms with Gasteiger partial charge in [-0.15, -0.1) is 0 Å². The van der Waals surface area contributed by atoms with Crippen molar-refractivity contribution < 1.29 is 13.2 Å². The van der Waals surface area contributed by atoms with E-state index in [0.29, 0.717) is 13.1 Å². The molecule has 0 aromatic heterocycles. The van der Waals surface area contributed by atoms with Gasteiger partial charge in [0.05, 0.1) is 19.4 Å². The number of benzene rings is 2. The molecular weight excluding hydrogens is 400 g/mol. The Balaban J connectivity index is 1.93. The predicted molar refractivity (Wildman–Crippen MR) is 122 cm³/mol. The Labute approximate surface area is 180 Å². The molecule has 0 spiro atoms. The summed E-state index contributed by atoms with van der Waals surface area (Å²) in [7, 11) is -1.67. The lowest BCUT2D eigenvalue weighted by Gasteiger charge is -2.12. The van der Waals surface area contributed by atoms with Crippen molar-refractivity contribution in [3.63, 3.8) is 0 Å². The molecule has 0 atom stereocenters. The molecule has 0 aliphatic carbocycles. The first-order valence-corrected chi connectivity index (χ1v) is 11.7. The van der Waals surface area contributed by atoms with Gasteiger partial charge in [0, 0.05) is 19.1 Å². The molecule has 0 unspecified atom stereocenters. The highest BCUT2D eigenvalue weighted by atomic mass is 32.2. The van der Waals surface area contributed by atoms with Crippen LogP contribution in [0.4, 0.5) is 0 Å². The van der Waals surface area contributed by atoms with Crippen LogP contribution >= 0.6 is 0 Å². The first-order chi connectivity index (χ1) is 14.3. The smallest absolute Gasteiger partial charge is 0.216 e. The number of nitrogens with one attached hydrogen (secondary N) is 3. The molecule has 3 N–H and O–H groups in total. The summed E-state index contributed by atoms with van der Waals surface area (Å²) in [6.07, 6.45) is 0. The molecule has 2 aromatic carbocycles. The quantitative estimate of drug-likeness (QED) is 0.397. The van der Waals surface area contributed by atoms with Gasteiger partial charge in [0.15, 0.2) is 5.96 Å². The third kappa shape index (κ3) is 8.42. The summed E-state index contributed by atoms with van der Waals surface area (Å²) in [5.74, 6) is 1.52. The summed E-state index contributed by atoms with van der Waals surface area (Å²) >= 11 is 0. The third-order valence-electron chi connectivity index (χ3n) is 4.18. The molecule has 0 aliphatic rings. The van der Waals surface area contributed by atoms with E-state index in [-0.39, 0.29) is 11.8 Å². The van der Waals surface area contributed by atoms with Crippen LogP contribution in [0.3, 0.4) is 0 Å². The van der Waals surface area contributed by atoms with Crippen LogP contribution in [0.1, 0.15) is 37.5 Å². The minimum atomic E-state index is -3.32. The fourth-order valence-corrected chi connectivity index (χ4v) is 4.24. The van der Waals surface area contributed by atoms with Crippen molar-refractivity contribution in [1.82, 2.24) is 15.4 Å². The molecule has 0 radical (unpaired) electrons. The van der Waals surface area contributed by atoms with Gasteiger partial charge in [0.25, 0.3) is 0 Å². The highest BCUT2D eigenvalue weighted by Crippen LogP contribution is 2.12. The van der Waals surface area contributed by atoms with E-state index in [1.807, 2.05) is 69.3 Å². The summed E-state index contributed by atoms with van der Waals surface area (Å²) < 4.78 is 31.9. The molecule has 164 valence electrons. The zero-order valence-electron chi connectivity index (χ0n) is 18.1. The number of hydrogen-bond acceptors (Lipinski definition) is 4. The molecule has 30 heavy (non-hydrogen) atoms. The molecule has 0 aliphatic heterocycles. The Kier molecular flexibility index (Phi) is 9.14. The van der Waals surface area contributed by atoms with Crippen molar-refractivity contribution >= 4 is 16.0 Å². The first kappa shape index (κ1) is 23.7. The number of methoxy groups -OCH3 is 1. The SMILES string of the molecule is CCNC(=NCc1ccc(OC)cc1)NCc1ccc(CS(=O)(=O)NC(C)C)cc1. The second-order valence-electron chi connectivity index (χ2n) is 7.24. The van der Waals surface area contributed by atoms with Gasteiger partial charge in [-0.2, -0.15) is 0 Å². The van der Waals surface area contributed by atoms with E-state index in [0.717, 1.165) is 34.9 Å². The van der Waals surface area contributed by atoms with Crippen LogP contribution in [0.25, 0.3) is 0 Å². The molecule has 0 heterocycles. The zero-order chi connectivity index (χ0) is 22.0. The number of aliphatic imine (C=N–C) groups is 1. The maximum Gasteiger partial charge on any atom is 0.216 e. The van der Waals surface area contributed by atoms with Gasteiger partial charge < -0.3 is 15.4 Å². The van der Waals surface area contributed by atoms with Gasteiger partial charge in [0.2, 0.25) is 10.0 Å². The van der Waals surface area contributed by atoms with Crippen LogP contribution in [-0.2, 0) is 28.9 Å². The number of nitrogens with zero attached hydrogens (tertiary/aromatic N) is 1. The fraction of sp³-hybridized carbons (Fsp3) is 0.409. The summed E-state index contributed by atoms with van der Waals surface area (Å²) in [5.41, 5.74) is 2.89. The summed E-state index contributed by atoms with van der Waals surface area (Å²) in [4.78, 5) is 4.61. The van der Waals surface area contributed by atoms with Gasteiger partial charge in [-0.1, -0.05) is 36.4 Å². The molecular formula is C22H32N4O3S. The minimum Gasteiger partial charge on any atom is -0.497 e. The largest absolute Gasteiger partial charge is 0.497 e. The van der Waals surface area contributed by atoms with Crippen molar-refractivity contribution in [1.29, 1.82) is 0 Å². The number of ether oxygens (including phenoxy) is 1. The Hall–Kier alpha value is -2.58. The average molecular weight is 433 g/mol. The minimum absolute atomic E-state index is 0.0230. The van der Waals surface area contributed by atoms with E-state index in [4.69, 9.17) is 4.74 Å². The number of guanidine groups is 1. The molecule has 7 nitrogen and oxygen atoms in total. The summed E-state index contributed by atoms with van der Waals surface area (Å²) in [6, 6.07) is 15.3. The second-order valence-corrected chi connectivity index (χ2v) is 9.00. The number of sulfonamides is 1. The van der Waals surface area contributed by atoms with Crippen LogP contribution in [0, 0.1) is 0 Å². The lowest BCUT2D eigenvalue weighted by molar-refractivity contribution is 0.414. The Morgan fingerprint density at radius 3 is 2.13 bits per heavy atom. The van der Waals surface area contributed by atoms with Gasteiger partial charge in [-0.05, 0) is 49.6 Å². The monoisotopic (exact) mass is 432 g/mol. The molecule has 0 saturated carbocycles. The maximum absolute atomic E-state index is 12.1. The van der Waals surface area contributed by atoms with E-state index in [9.17, 15) is 8.42 Å². The Morgan fingerprint density at radius 1 is 0.967 bits per heavy atom. The van der Waals surface area contributed by atoms with Gasteiger partial charge >= 0.3 is 0 Å². The molecule has 0 fully saturated rings. The van der Waals surface area contributed by atoms with E-state index in [2.05, 4.69) is 20.3 Å². The molecule has 2 aromatic rings. The molecule has 8 heteroatoms. The van der Waals surface area contributed by atoms with Crippen molar-refractivity contribution in [3.05, 3.63) is 65.2 Å². The lowest BCUT2D eigenvalue weighted by Crippen LogP contribution is -2.36. The standard InChI is InChI=1S/C22H32N4O3S/c1-5-23-22(25-15-19-10-12-21(29-4)13-11-19)24-14-18-6-8-20(9-7-18)16-30(27,28)26-17(2)3/h6-13,17,26H,5,14-16H2,1-4H3,(H2,23,24,25). The second kappa shape index (κ2) is 11.6. The number of rotatable bonds is 10. The van der Waals surface area contributed by atoms with Crippen molar-refractivity contribution in [2.75, 3.05) is 13.7 Å². The van der Waals surface area contributed by atoms with E-state index in [1.54, 1.807) is 7.11 Å². The van der Waals surface area contributed by atoms with Crippen LogP contribution in [0.15, 0.2) is 53.5 Å². The fourth-order valence-electron chi connectivity index (χ4n) is 2.80. The van der Waals surface area contributed by atoms with E-state index in [1.165, 1.54) is 0 Å². The highest BCUT2D eigenvalue weighted by molar-refractivity contribution is 7.88. The normalized spacial score (nSPS) is 12.1. The topological polar surface area (TPSA) is 91.8 Å². The van der Waals surface area contributed by atoms with E-state index < -0.39 is 10.0 Å². The summed E-state index contributed by atoms with van der Waals surface area (Å²) in [6.45, 7) is 7.54. The number of hydrogen-bond donors (Lipinski definition) is 3. The first-order valence-electron chi connectivity index (χ1n) is 10.0. The average Bonchev–Trinajstić information content (AvgIpc) is 2.70. The van der Waals surface area contributed by atoms with Crippen molar-refractivity contribution in [2.45, 2.75) is 45.7 Å². The molecule has 0 saturated heterocycles.